The van der Waals surface area contributed by atoms with Crippen molar-refractivity contribution in [2.75, 3.05) is 0 Å². The number of nitrogens with zero attached hydrogens (tertiary/aromatic N) is 2. The Kier molecular flexibility index (Phi) is 9.99. The largest absolute Gasteiger partial charge is 0.358 e. The molecule has 2 aromatic heterocycles. The van der Waals surface area contributed by atoms with Gasteiger partial charge in [-0.1, -0.05) is 163 Å². The maximum absolute atomic E-state index is 7.30. The topological polar surface area (TPSA) is 25.8 Å². The Hall–Kier alpha value is -5.25. The Morgan fingerprint density at radius 1 is 0.547 bits per heavy atom. The molecule has 0 aliphatic rings. The van der Waals surface area contributed by atoms with Gasteiger partial charge < -0.3 is 12.4 Å². The molecule has 53 heavy (non-hydrogen) atoms. The van der Waals surface area contributed by atoms with Crippen LogP contribution in [0.4, 0.5) is 0 Å². The third kappa shape index (κ3) is 7.63. The van der Waals surface area contributed by atoms with Crippen molar-refractivity contribution in [1.82, 2.24) is 9.97 Å². The van der Waals surface area contributed by atoms with Crippen LogP contribution >= 0.6 is 0 Å². The van der Waals surface area contributed by atoms with E-state index >= 15 is 0 Å². The minimum Gasteiger partial charge on any atom is -0.358 e. The van der Waals surface area contributed by atoms with Crippen molar-refractivity contribution in [3.63, 3.8) is 0 Å². The van der Waals surface area contributed by atoms with Crippen LogP contribution in [0.3, 0.4) is 0 Å². The summed E-state index contributed by atoms with van der Waals surface area (Å²) in [6, 6.07) is 57.9. The third-order valence-electron chi connectivity index (χ3n) is 9.59. The van der Waals surface area contributed by atoms with Gasteiger partial charge in [-0.3, -0.25) is 4.98 Å². The summed E-state index contributed by atoms with van der Waals surface area (Å²) in [6.07, 6.45) is 2.06. The van der Waals surface area contributed by atoms with E-state index in [2.05, 4.69) is 146 Å². The molecule has 0 bridgehead atoms. The van der Waals surface area contributed by atoms with Gasteiger partial charge in [0.15, 0.2) is 0 Å². The van der Waals surface area contributed by atoms with Crippen molar-refractivity contribution in [3.8, 4) is 33.6 Å². The van der Waals surface area contributed by atoms with Crippen molar-refractivity contribution >= 4 is 56.4 Å². The molecule has 0 aliphatic heterocycles. The van der Waals surface area contributed by atoms with E-state index in [-0.39, 0.29) is 33.2 Å². The Morgan fingerprint density at radius 2 is 1.21 bits per heavy atom. The summed E-state index contributed by atoms with van der Waals surface area (Å²) >= 11 is 0. The monoisotopic (exact) mass is 882 g/mol. The average molecular weight is 882 g/mol. The molecule has 0 amide bonds. The number of hydrogen-bond acceptors (Lipinski definition) is 2. The molecule has 9 aromatic rings. The van der Waals surface area contributed by atoms with Crippen LogP contribution in [0, 0.1) is 20.3 Å². The van der Waals surface area contributed by atoms with Crippen molar-refractivity contribution in [1.29, 1.82) is 0 Å². The fourth-order valence-corrected chi connectivity index (χ4v) is 7.92. The summed E-state index contributed by atoms with van der Waals surface area (Å²) in [5, 5.41) is 11.5. The maximum atomic E-state index is 7.30. The minimum atomic E-state index is -2.15. The van der Waals surface area contributed by atoms with E-state index < -0.39 is 14.9 Å². The second-order valence-corrected chi connectivity index (χ2v) is 19.0. The van der Waals surface area contributed by atoms with Crippen LogP contribution in [0.25, 0.3) is 76.7 Å². The van der Waals surface area contributed by atoms with Gasteiger partial charge in [-0.2, -0.15) is 0 Å². The molecule has 0 aliphatic carbocycles. The average Bonchev–Trinajstić information content (AvgIpc) is 3.20. The SMILES string of the molecule is C[Si](C)(C)c1ccc(-c2[c-]cc3c4ccc(-c5cccc6ccccc56)cc4c4ccccc4c3c2)nc1.[2H]C([2H])([2H])c1cccc(-c2ccccc2)n1.[CH3-].[Ir]. The van der Waals surface area contributed by atoms with E-state index in [0.29, 0.717) is 5.69 Å². The molecule has 0 saturated heterocycles. The molecular formula is C49H42IrN2Si-2. The molecule has 263 valence electrons. The Bertz CT molecular complexity index is 2770. The number of aromatic nitrogens is 2. The van der Waals surface area contributed by atoms with Crippen molar-refractivity contribution in [2.45, 2.75) is 26.5 Å². The first kappa shape index (κ1) is 33.6. The normalized spacial score (nSPS) is 12.2. The number of hydrogen-bond donors (Lipinski definition) is 0. The molecule has 4 heteroatoms. The molecule has 1 radical (unpaired) electrons. The minimum absolute atomic E-state index is 0. The molecule has 0 N–H and O–H groups in total. The summed E-state index contributed by atoms with van der Waals surface area (Å²) in [5.74, 6) is 0. The predicted octanol–water partition coefficient (Wildman–Crippen LogP) is 12.9. The van der Waals surface area contributed by atoms with Gasteiger partial charge in [-0.05, 0) is 74.0 Å². The fraction of sp³-hybridized carbons (Fsp3) is 0.0816. The van der Waals surface area contributed by atoms with Gasteiger partial charge in [0.25, 0.3) is 0 Å². The number of benzene rings is 7. The van der Waals surface area contributed by atoms with Gasteiger partial charge >= 0.3 is 0 Å². The van der Waals surface area contributed by atoms with Gasteiger partial charge in [0.05, 0.1) is 13.8 Å². The second kappa shape index (κ2) is 15.8. The predicted molar refractivity (Wildman–Crippen MR) is 228 cm³/mol. The zero-order valence-corrected chi connectivity index (χ0v) is 33.7. The van der Waals surface area contributed by atoms with E-state index in [9.17, 15) is 0 Å². The number of pyridine rings is 2. The molecule has 0 fully saturated rings. The smallest absolute Gasteiger partial charge is 0.0795 e. The molecule has 7 aromatic carbocycles. The van der Waals surface area contributed by atoms with Crippen LogP contribution < -0.4 is 5.19 Å². The van der Waals surface area contributed by atoms with E-state index in [0.717, 1.165) is 16.8 Å². The summed E-state index contributed by atoms with van der Waals surface area (Å²) in [7, 11) is -1.39. The summed E-state index contributed by atoms with van der Waals surface area (Å²) < 4.78 is 21.9. The van der Waals surface area contributed by atoms with Crippen molar-refractivity contribution in [3.05, 3.63) is 183 Å². The molecular weight excluding hydrogens is 837 g/mol. The molecule has 2 heterocycles. The molecule has 0 saturated carbocycles. The Morgan fingerprint density at radius 3 is 1.92 bits per heavy atom. The van der Waals surface area contributed by atoms with Crippen LogP contribution in [0.2, 0.25) is 19.6 Å². The summed E-state index contributed by atoms with van der Waals surface area (Å²) in [4.78, 5) is 8.99. The van der Waals surface area contributed by atoms with Gasteiger partial charge in [0.1, 0.15) is 0 Å². The quantitative estimate of drug-likeness (QED) is 0.1000. The number of aryl methyl sites for hydroxylation is 1. The van der Waals surface area contributed by atoms with Gasteiger partial charge in [-0.15, -0.1) is 23.8 Å². The first-order valence-corrected chi connectivity index (χ1v) is 20.8. The van der Waals surface area contributed by atoms with E-state index in [1.807, 2.05) is 36.4 Å². The Balaban J connectivity index is 0.000000250. The van der Waals surface area contributed by atoms with Crippen LogP contribution in [-0.2, 0) is 20.1 Å². The third-order valence-corrected chi connectivity index (χ3v) is 11.6. The fourth-order valence-electron chi connectivity index (χ4n) is 6.89. The van der Waals surface area contributed by atoms with E-state index in [1.165, 1.54) is 65.5 Å². The zero-order chi connectivity index (χ0) is 37.5. The molecule has 0 spiro atoms. The Labute approximate surface area is 332 Å². The van der Waals surface area contributed by atoms with Crippen LogP contribution in [0.15, 0.2) is 164 Å². The van der Waals surface area contributed by atoms with Crippen LogP contribution in [0.5, 0.6) is 0 Å². The molecule has 9 rings (SSSR count). The van der Waals surface area contributed by atoms with Crippen molar-refractivity contribution < 1.29 is 24.2 Å². The number of fused-ring (bicyclic) bond motifs is 7. The molecule has 2 nitrogen and oxygen atoms in total. The van der Waals surface area contributed by atoms with E-state index in [4.69, 9.17) is 9.10 Å². The summed E-state index contributed by atoms with van der Waals surface area (Å²) in [6.45, 7) is 4.92. The maximum Gasteiger partial charge on any atom is 0.0795 e. The van der Waals surface area contributed by atoms with Gasteiger partial charge in [0.2, 0.25) is 0 Å². The molecule has 0 unspecified atom stereocenters. The first-order valence-electron chi connectivity index (χ1n) is 18.8. The van der Waals surface area contributed by atoms with E-state index in [1.54, 1.807) is 6.07 Å². The first-order chi connectivity index (χ1) is 26.0. The second-order valence-electron chi connectivity index (χ2n) is 14.0. The summed E-state index contributed by atoms with van der Waals surface area (Å²) in [5.41, 5.74) is 6.27. The standard InChI is InChI=1S/C36H28NSi.C12H11N.CH3.Ir/c1-38(2,3)27-17-20-36(37-23-27)26-16-19-33-32-18-15-25(29-14-8-10-24-9-4-5-11-28(24)29)21-34(32)30-12-6-7-13-31(30)35(33)22-26;1-10-6-5-9-12(13-10)11-7-3-2-4-8-11;;/h4-15,17-23H,1-3H3;2-9H,1H3;1H3;/q-1;;-1;/i;1D3;;. The van der Waals surface area contributed by atoms with Crippen LogP contribution in [0.1, 0.15) is 9.81 Å². The molecule has 0 atom stereocenters. The zero-order valence-electron chi connectivity index (χ0n) is 33.3. The van der Waals surface area contributed by atoms with Crippen molar-refractivity contribution in [2.24, 2.45) is 0 Å². The number of rotatable bonds is 4. The van der Waals surface area contributed by atoms with Crippen LogP contribution in [-0.4, -0.2) is 18.0 Å². The van der Waals surface area contributed by atoms with Gasteiger partial charge in [0, 0.05) is 41.7 Å². The van der Waals surface area contributed by atoms with Gasteiger partial charge in [-0.25, -0.2) is 0 Å².